The van der Waals surface area contributed by atoms with Gasteiger partial charge >= 0.3 is 0 Å². The van der Waals surface area contributed by atoms with E-state index >= 15 is 0 Å². The molecule has 2 aliphatic heterocycles. The van der Waals surface area contributed by atoms with Crippen LogP contribution in [-0.2, 0) is 16.6 Å². The van der Waals surface area contributed by atoms with Gasteiger partial charge in [0.05, 0.1) is 5.69 Å². The lowest BCUT2D eigenvalue weighted by Crippen LogP contribution is -2.49. The summed E-state index contributed by atoms with van der Waals surface area (Å²) in [7, 11) is 1.79. The van der Waals surface area contributed by atoms with Crippen molar-refractivity contribution < 1.29 is 9.59 Å². The van der Waals surface area contributed by atoms with Crippen LogP contribution in [0.5, 0.6) is 0 Å². The number of aromatic nitrogens is 2. The predicted molar refractivity (Wildman–Crippen MR) is 83.6 cm³/mol. The number of nitrogens with zero attached hydrogens (tertiary/aromatic N) is 3. The number of fused-ring (bicyclic) bond motifs is 3. The second-order valence-corrected chi connectivity index (χ2v) is 6.73. The van der Waals surface area contributed by atoms with Crippen molar-refractivity contribution in [2.75, 3.05) is 10.2 Å². The summed E-state index contributed by atoms with van der Waals surface area (Å²) in [6.07, 6.45) is 2.65. The van der Waals surface area contributed by atoms with Crippen molar-refractivity contribution >= 4 is 35.1 Å². The number of hydrogen-bond acceptors (Lipinski definition) is 4. The van der Waals surface area contributed by atoms with Gasteiger partial charge in [0, 0.05) is 30.6 Å². The molecule has 1 atom stereocenters. The van der Waals surface area contributed by atoms with Crippen LogP contribution >= 0.6 is 11.8 Å². The first-order chi connectivity index (χ1) is 10.6. The van der Waals surface area contributed by atoms with E-state index in [2.05, 4.69) is 10.4 Å². The first kappa shape index (κ1) is 13.4. The van der Waals surface area contributed by atoms with Gasteiger partial charge in [-0.25, -0.2) is 0 Å². The second kappa shape index (κ2) is 4.61. The number of rotatable bonds is 2. The molecule has 4 rings (SSSR count). The highest BCUT2D eigenvalue weighted by Gasteiger charge is 2.57. The first-order valence-electron chi connectivity index (χ1n) is 7.02. The van der Waals surface area contributed by atoms with Gasteiger partial charge in [-0.15, -0.1) is 0 Å². The molecule has 2 amide bonds. The van der Waals surface area contributed by atoms with Crippen molar-refractivity contribution in [2.45, 2.75) is 22.6 Å². The Bertz CT molecular complexity index is 787. The Kier molecular flexibility index (Phi) is 2.80. The topological polar surface area (TPSA) is 67.2 Å². The van der Waals surface area contributed by atoms with Crippen LogP contribution in [0.15, 0.2) is 41.4 Å². The highest BCUT2D eigenvalue weighted by Crippen LogP contribution is 2.55. The minimum atomic E-state index is -0.891. The fourth-order valence-electron chi connectivity index (χ4n) is 2.99. The molecule has 3 heterocycles. The standard InChI is InChI=1S/C15H14N4O2S/c1-18-9-7-12(17-18)16-14(21)15-8-6-13(20)19(15)10-4-2-3-5-11(10)22-15/h2-5,7,9H,6,8H2,1H3,(H,16,17,21)/t15-/m1/s1. The fraction of sp³-hybridized carbons (Fsp3) is 0.267. The molecular formula is C15H14N4O2S. The number of aryl methyl sites for hydroxylation is 1. The number of hydrogen-bond donors (Lipinski definition) is 1. The molecule has 1 N–H and O–H groups in total. The Morgan fingerprint density at radius 2 is 2.18 bits per heavy atom. The zero-order valence-corrected chi connectivity index (χ0v) is 12.8. The molecule has 0 spiro atoms. The number of carbonyl (C=O) groups excluding carboxylic acids is 2. The number of carbonyl (C=O) groups is 2. The van der Waals surface area contributed by atoms with Gasteiger partial charge in [0.15, 0.2) is 10.7 Å². The molecule has 2 aliphatic rings. The second-order valence-electron chi connectivity index (χ2n) is 5.41. The van der Waals surface area contributed by atoms with Crippen molar-refractivity contribution in [3.8, 4) is 0 Å². The quantitative estimate of drug-likeness (QED) is 0.920. The van der Waals surface area contributed by atoms with Gasteiger partial charge in [-0.2, -0.15) is 5.10 Å². The number of anilines is 2. The molecule has 1 saturated heterocycles. The average Bonchev–Trinajstić information content (AvgIpc) is 3.14. The minimum Gasteiger partial charge on any atom is -0.306 e. The van der Waals surface area contributed by atoms with E-state index in [1.165, 1.54) is 11.8 Å². The van der Waals surface area contributed by atoms with E-state index in [0.29, 0.717) is 18.7 Å². The normalized spacial score (nSPS) is 22.6. The van der Waals surface area contributed by atoms with Crippen LogP contribution < -0.4 is 10.2 Å². The number of amides is 2. The molecule has 1 aromatic carbocycles. The Hall–Kier alpha value is -2.28. The van der Waals surface area contributed by atoms with Crippen LogP contribution in [0.25, 0.3) is 0 Å². The van der Waals surface area contributed by atoms with Crippen molar-refractivity contribution in [2.24, 2.45) is 7.05 Å². The third-order valence-corrected chi connectivity index (χ3v) is 5.46. The van der Waals surface area contributed by atoms with E-state index in [4.69, 9.17) is 0 Å². The molecule has 22 heavy (non-hydrogen) atoms. The Morgan fingerprint density at radius 1 is 1.36 bits per heavy atom. The molecule has 0 saturated carbocycles. The van der Waals surface area contributed by atoms with E-state index in [1.807, 2.05) is 24.3 Å². The van der Waals surface area contributed by atoms with Crippen molar-refractivity contribution in [3.05, 3.63) is 36.5 Å². The minimum absolute atomic E-state index is 0.00591. The lowest BCUT2D eigenvalue weighted by molar-refractivity contribution is -0.121. The van der Waals surface area contributed by atoms with Crippen LogP contribution in [0, 0.1) is 0 Å². The molecule has 0 bridgehead atoms. The van der Waals surface area contributed by atoms with Crippen LogP contribution in [0.1, 0.15) is 12.8 Å². The van der Waals surface area contributed by atoms with Crippen molar-refractivity contribution in [1.29, 1.82) is 0 Å². The maximum Gasteiger partial charge on any atom is 0.262 e. The van der Waals surface area contributed by atoms with Gasteiger partial charge in [-0.1, -0.05) is 23.9 Å². The zero-order valence-electron chi connectivity index (χ0n) is 11.9. The average molecular weight is 314 g/mol. The summed E-state index contributed by atoms with van der Waals surface area (Å²) >= 11 is 1.45. The van der Waals surface area contributed by atoms with Gasteiger partial charge in [-0.05, 0) is 18.6 Å². The summed E-state index contributed by atoms with van der Waals surface area (Å²) in [6, 6.07) is 9.38. The summed E-state index contributed by atoms with van der Waals surface area (Å²) < 4.78 is 1.63. The monoisotopic (exact) mass is 314 g/mol. The van der Waals surface area contributed by atoms with Crippen LogP contribution in [0.4, 0.5) is 11.5 Å². The lowest BCUT2D eigenvalue weighted by atomic mass is 10.2. The van der Waals surface area contributed by atoms with E-state index in [1.54, 1.807) is 28.9 Å². The number of nitrogens with one attached hydrogen (secondary N) is 1. The fourth-order valence-corrected chi connectivity index (χ4v) is 4.41. The van der Waals surface area contributed by atoms with Gasteiger partial charge in [0.25, 0.3) is 5.91 Å². The van der Waals surface area contributed by atoms with Gasteiger partial charge < -0.3 is 5.32 Å². The highest BCUT2D eigenvalue weighted by atomic mass is 32.2. The Labute approximate surface area is 131 Å². The summed E-state index contributed by atoms with van der Waals surface area (Å²) in [5.74, 6) is 0.296. The van der Waals surface area contributed by atoms with Gasteiger partial charge in [0.2, 0.25) is 5.91 Å². The molecule has 2 aromatic rings. The SMILES string of the molecule is Cn1ccc(NC(=O)[C@]23CCC(=O)N2c2ccccc2S3)n1. The van der Waals surface area contributed by atoms with Crippen molar-refractivity contribution in [1.82, 2.24) is 9.78 Å². The Morgan fingerprint density at radius 3 is 2.95 bits per heavy atom. The maximum atomic E-state index is 12.9. The van der Waals surface area contributed by atoms with E-state index < -0.39 is 4.87 Å². The number of para-hydroxylation sites is 1. The van der Waals surface area contributed by atoms with E-state index in [9.17, 15) is 9.59 Å². The molecule has 1 aromatic heterocycles. The Balaban J connectivity index is 1.71. The third kappa shape index (κ3) is 1.78. The lowest BCUT2D eigenvalue weighted by Gasteiger charge is -2.29. The van der Waals surface area contributed by atoms with Crippen LogP contribution in [0.3, 0.4) is 0 Å². The highest BCUT2D eigenvalue weighted by molar-refractivity contribution is 8.02. The molecular weight excluding hydrogens is 300 g/mol. The van der Waals surface area contributed by atoms with Gasteiger partial charge in [0.1, 0.15) is 0 Å². The van der Waals surface area contributed by atoms with Crippen LogP contribution in [-0.4, -0.2) is 26.5 Å². The molecule has 0 aliphatic carbocycles. The summed E-state index contributed by atoms with van der Waals surface area (Å²) in [5.41, 5.74) is 0.825. The summed E-state index contributed by atoms with van der Waals surface area (Å²) in [5, 5.41) is 7.01. The third-order valence-electron chi connectivity index (χ3n) is 3.98. The van der Waals surface area contributed by atoms with E-state index in [0.717, 1.165) is 10.6 Å². The number of thioether (sulfide) groups is 1. The summed E-state index contributed by atoms with van der Waals surface area (Å²) in [6.45, 7) is 0. The summed E-state index contributed by atoms with van der Waals surface area (Å²) in [4.78, 5) is 26.9. The molecule has 0 unspecified atom stereocenters. The van der Waals surface area contributed by atoms with Crippen molar-refractivity contribution in [3.63, 3.8) is 0 Å². The molecule has 0 radical (unpaired) electrons. The number of benzene rings is 1. The molecule has 7 heteroatoms. The smallest absolute Gasteiger partial charge is 0.262 e. The predicted octanol–water partition coefficient (Wildman–Crippen LogP) is 1.99. The molecule has 1 fully saturated rings. The first-order valence-corrected chi connectivity index (χ1v) is 7.84. The zero-order chi connectivity index (χ0) is 15.3. The van der Waals surface area contributed by atoms with E-state index in [-0.39, 0.29) is 11.8 Å². The molecule has 112 valence electrons. The van der Waals surface area contributed by atoms with Gasteiger partial charge in [-0.3, -0.25) is 19.2 Å². The van der Waals surface area contributed by atoms with Crippen LogP contribution in [0.2, 0.25) is 0 Å². The largest absolute Gasteiger partial charge is 0.306 e. The maximum absolute atomic E-state index is 12.9. The molecule has 6 nitrogen and oxygen atoms in total.